The fourth-order valence-corrected chi connectivity index (χ4v) is 6.05. The normalized spacial score (nSPS) is 13.2. The smallest absolute Gasteiger partial charge is 0.261 e. The summed E-state index contributed by atoms with van der Waals surface area (Å²) in [6, 6.07) is 22.9. The molecular formula is C27H22N2O5S2. The average molecular weight is 519 g/mol. The summed E-state index contributed by atoms with van der Waals surface area (Å²) in [6.45, 7) is 0.0435. The van der Waals surface area contributed by atoms with Crippen molar-refractivity contribution in [2.24, 2.45) is 0 Å². The van der Waals surface area contributed by atoms with E-state index in [9.17, 15) is 18.0 Å². The fraction of sp³-hybridized carbons (Fsp3) is 0.111. The number of hydrogen-bond acceptors (Lipinski definition) is 6. The van der Waals surface area contributed by atoms with Gasteiger partial charge in [-0.1, -0.05) is 48.5 Å². The molecule has 2 amide bonds. The first-order chi connectivity index (χ1) is 17.4. The highest BCUT2D eigenvalue weighted by Gasteiger charge is 2.35. The number of amides is 2. The zero-order valence-corrected chi connectivity index (χ0v) is 20.9. The molecular weight excluding hydrogens is 496 g/mol. The Morgan fingerprint density at radius 2 is 1.53 bits per heavy atom. The van der Waals surface area contributed by atoms with Gasteiger partial charge in [0.05, 0.1) is 24.8 Å². The third-order valence-electron chi connectivity index (χ3n) is 5.96. The van der Waals surface area contributed by atoms with Crippen LogP contribution in [0.3, 0.4) is 0 Å². The number of carbonyl (C=O) groups excluding carboxylic acids is 2. The molecule has 36 heavy (non-hydrogen) atoms. The van der Waals surface area contributed by atoms with Gasteiger partial charge < -0.3 is 4.74 Å². The van der Waals surface area contributed by atoms with Crippen molar-refractivity contribution < 1.29 is 22.7 Å². The Morgan fingerprint density at radius 1 is 0.861 bits per heavy atom. The molecule has 1 N–H and O–H groups in total. The van der Waals surface area contributed by atoms with Crippen LogP contribution in [0.15, 0.2) is 89.1 Å². The summed E-state index contributed by atoms with van der Waals surface area (Å²) in [7, 11) is -2.56. The van der Waals surface area contributed by atoms with Crippen molar-refractivity contribution in [2.45, 2.75) is 18.0 Å². The number of nitrogens with one attached hydrogen (secondary N) is 1. The predicted octanol–water partition coefficient (Wildman–Crippen LogP) is 4.70. The Bertz CT molecular complexity index is 1510. The molecule has 0 saturated carbocycles. The van der Waals surface area contributed by atoms with Gasteiger partial charge >= 0.3 is 0 Å². The molecule has 9 heteroatoms. The standard InChI is InChI=1S/C27H22N2O5S2/c1-34-23-13-10-19(17-29-26(30)21-5-2-3-6-22(21)27(29)31)15-25(23)36(32,33)28-16-18-8-11-20(12-9-18)24-7-4-14-35-24/h2-15,28H,16-17H2,1H3. The van der Waals surface area contributed by atoms with Crippen LogP contribution in [0.25, 0.3) is 10.4 Å². The van der Waals surface area contributed by atoms with Gasteiger partial charge in [-0.15, -0.1) is 11.3 Å². The monoisotopic (exact) mass is 518 g/mol. The van der Waals surface area contributed by atoms with E-state index in [0.717, 1.165) is 20.9 Å². The van der Waals surface area contributed by atoms with Gasteiger partial charge in [0.2, 0.25) is 10.0 Å². The predicted molar refractivity (Wildman–Crippen MR) is 137 cm³/mol. The maximum Gasteiger partial charge on any atom is 0.261 e. The van der Waals surface area contributed by atoms with Gasteiger partial charge in [-0.2, -0.15) is 0 Å². The lowest BCUT2D eigenvalue weighted by molar-refractivity contribution is 0.0642. The Balaban J connectivity index is 1.34. The van der Waals surface area contributed by atoms with Crippen LogP contribution in [-0.2, 0) is 23.1 Å². The van der Waals surface area contributed by atoms with Crippen LogP contribution in [0.4, 0.5) is 0 Å². The number of methoxy groups -OCH3 is 1. The molecule has 4 aromatic rings. The van der Waals surface area contributed by atoms with Gasteiger partial charge in [0.25, 0.3) is 11.8 Å². The number of hydrogen-bond donors (Lipinski definition) is 1. The molecule has 0 fully saturated rings. The van der Waals surface area contributed by atoms with Crippen LogP contribution < -0.4 is 9.46 Å². The highest BCUT2D eigenvalue weighted by molar-refractivity contribution is 7.89. The largest absolute Gasteiger partial charge is 0.495 e. The minimum absolute atomic E-state index is 0.0525. The first-order valence-corrected chi connectivity index (χ1v) is 13.5. The summed E-state index contributed by atoms with van der Waals surface area (Å²) in [6.07, 6.45) is 0. The molecule has 1 aliphatic rings. The maximum absolute atomic E-state index is 13.2. The highest BCUT2D eigenvalue weighted by atomic mass is 32.2. The fourth-order valence-electron chi connectivity index (χ4n) is 4.08. The van der Waals surface area contributed by atoms with Crippen LogP contribution in [0, 0.1) is 0 Å². The first-order valence-electron chi connectivity index (χ1n) is 11.1. The van der Waals surface area contributed by atoms with E-state index in [1.807, 2.05) is 41.8 Å². The molecule has 0 atom stereocenters. The van der Waals surface area contributed by atoms with E-state index < -0.39 is 21.8 Å². The SMILES string of the molecule is COc1ccc(CN2C(=O)c3ccccc3C2=O)cc1S(=O)(=O)NCc1ccc(-c2cccs2)cc1. The summed E-state index contributed by atoms with van der Waals surface area (Å²) in [5, 5.41) is 2.01. The van der Waals surface area contributed by atoms with Crippen LogP contribution in [0.2, 0.25) is 0 Å². The number of imide groups is 1. The summed E-state index contributed by atoms with van der Waals surface area (Å²) in [5.41, 5.74) is 3.05. The number of nitrogens with zero attached hydrogens (tertiary/aromatic N) is 1. The van der Waals surface area contributed by atoms with Crippen molar-refractivity contribution in [3.63, 3.8) is 0 Å². The number of sulfonamides is 1. The Hall–Kier alpha value is -3.79. The van der Waals surface area contributed by atoms with Crippen molar-refractivity contribution >= 4 is 33.2 Å². The van der Waals surface area contributed by atoms with Crippen LogP contribution >= 0.6 is 11.3 Å². The topological polar surface area (TPSA) is 92.8 Å². The Labute approximate surface area is 213 Å². The second kappa shape index (κ2) is 9.69. The minimum atomic E-state index is -3.95. The molecule has 1 aliphatic heterocycles. The summed E-state index contributed by atoms with van der Waals surface area (Å²) in [5.74, 6) is -0.637. The van der Waals surface area contributed by atoms with E-state index in [-0.39, 0.29) is 23.7 Å². The average Bonchev–Trinajstić information content (AvgIpc) is 3.52. The highest BCUT2D eigenvalue weighted by Crippen LogP contribution is 2.29. The van der Waals surface area contributed by atoms with Crippen LogP contribution in [-0.4, -0.2) is 32.2 Å². The Morgan fingerprint density at radius 3 is 2.14 bits per heavy atom. The third-order valence-corrected chi connectivity index (χ3v) is 8.30. The van der Waals surface area contributed by atoms with E-state index >= 15 is 0 Å². The number of thiophene rings is 1. The van der Waals surface area contributed by atoms with Crippen molar-refractivity contribution in [1.29, 1.82) is 0 Å². The lowest BCUT2D eigenvalue weighted by Gasteiger charge is -2.16. The van der Waals surface area contributed by atoms with E-state index in [1.165, 1.54) is 19.2 Å². The van der Waals surface area contributed by atoms with E-state index in [0.29, 0.717) is 16.7 Å². The number of carbonyl (C=O) groups is 2. The second-order valence-corrected chi connectivity index (χ2v) is 10.9. The van der Waals surface area contributed by atoms with E-state index in [1.54, 1.807) is 41.7 Å². The summed E-state index contributed by atoms with van der Waals surface area (Å²) in [4.78, 5) is 27.6. The van der Waals surface area contributed by atoms with E-state index in [2.05, 4.69) is 4.72 Å². The van der Waals surface area contributed by atoms with Crippen molar-refractivity contribution in [2.75, 3.05) is 7.11 Å². The van der Waals surface area contributed by atoms with Crippen LogP contribution in [0.1, 0.15) is 31.8 Å². The first kappa shape index (κ1) is 23.9. The van der Waals surface area contributed by atoms with Crippen molar-refractivity contribution in [3.05, 3.63) is 106 Å². The molecule has 7 nitrogen and oxygen atoms in total. The number of ether oxygens (including phenoxy) is 1. The van der Waals surface area contributed by atoms with Gasteiger partial charge in [0.1, 0.15) is 10.6 Å². The van der Waals surface area contributed by atoms with Gasteiger partial charge in [-0.25, -0.2) is 13.1 Å². The molecule has 1 aromatic heterocycles. The molecule has 0 bridgehead atoms. The number of fused-ring (bicyclic) bond motifs is 1. The van der Waals surface area contributed by atoms with Gasteiger partial charge in [0.15, 0.2) is 0 Å². The Kier molecular flexibility index (Phi) is 6.44. The molecule has 0 unspecified atom stereocenters. The lowest BCUT2D eigenvalue weighted by atomic mass is 10.1. The van der Waals surface area contributed by atoms with Gasteiger partial charge in [-0.3, -0.25) is 14.5 Å². The maximum atomic E-state index is 13.2. The second-order valence-electron chi connectivity index (χ2n) is 8.23. The summed E-state index contributed by atoms with van der Waals surface area (Å²) < 4.78 is 34.3. The van der Waals surface area contributed by atoms with Crippen LogP contribution in [0.5, 0.6) is 5.75 Å². The molecule has 2 heterocycles. The summed E-state index contributed by atoms with van der Waals surface area (Å²) >= 11 is 1.64. The zero-order chi connectivity index (χ0) is 25.3. The minimum Gasteiger partial charge on any atom is -0.495 e. The van der Waals surface area contributed by atoms with Gasteiger partial charge in [0, 0.05) is 11.4 Å². The third kappa shape index (κ3) is 4.56. The number of rotatable bonds is 8. The van der Waals surface area contributed by atoms with Crippen molar-refractivity contribution in [3.8, 4) is 16.2 Å². The zero-order valence-electron chi connectivity index (χ0n) is 19.3. The molecule has 182 valence electrons. The lowest BCUT2D eigenvalue weighted by Crippen LogP contribution is -2.29. The molecule has 0 saturated heterocycles. The number of benzene rings is 3. The van der Waals surface area contributed by atoms with E-state index in [4.69, 9.17) is 4.74 Å². The molecule has 3 aromatic carbocycles. The van der Waals surface area contributed by atoms with Crippen molar-refractivity contribution in [1.82, 2.24) is 9.62 Å². The molecule has 5 rings (SSSR count). The quantitative estimate of drug-likeness (QED) is 0.342. The molecule has 0 radical (unpaired) electrons. The van der Waals surface area contributed by atoms with Gasteiger partial charge in [-0.05, 0) is 52.4 Å². The molecule has 0 spiro atoms. The molecule has 0 aliphatic carbocycles.